The number of halogens is 1. The molecule has 0 fully saturated rings. The van der Waals surface area contributed by atoms with Crippen molar-refractivity contribution in [2.45, 2.75) is 25.2 Å². The molecule has 0 saturated carbocycles. The highest BCUT2D eigenvalue weighted by molar-refractivity contribution is 14.1. The highest BCUT2D eigenvalue weighted by Crippen LogP contribution is 2.45. The van der Waals surface area contributed by atoms with Crippen LogP contribution in [0, 0.1) is 0 Å². The molecule has 1 heterocycles. The minimum atomic E-state index is 0.830. The molecule has 1 unspecified atom stereocenters. The number of anilines is 1. The summed E-state index contributed by atoms with van der Waals surface area (Å²) in [6.45, 7) is 1.23. The second kappa shape index (κ2) is 2.87. The van der Waals surface area contributed by atoms with Crippen molar-refractivity contribution in [3.8, 4) is 0 Å². The highest BCUT2D eigenvalue weighted by atomic mass is 127. The fourth-order valence-corrected chi connectivity index (χ4v) is 3.55. The monoisotopic (exact) mass is 285 g/mol. The molecule has 0 N–H and O–H groups in total. The van der Waals surface area contributed by atoms with Crippen molar-refractivity contribution >= 4 is 28.6 Å². The number of hydrogen-bond acceptors (Lipinski definition) is 1. The fraction of sp³-hybridized carbons (Fsp3) is 0.455. The molecule has 68 valence electrons. The van der Waals surface area contributed by atoms with Gasteiger partial charge in [0.25, 0.3) is 0 Å². The van der Waals surface area contributed by atoms with E-state index in [2.05, 4.69) is 44.2 Å². The van der Waals surface area contributed by atoms with Crippen LogP contribution in [0.3, 0.4) is 0 Å². The SMILES string of the molecule is IN1CC2CCCc3cccc1c32. The molecule has 0 spiro atoms. The molecule has 2 aliphatic rings. The molecule has 0 saturated heterocycles. The number of hydrogen-bond donors (Lipinski definition) is 0. The predicted molar refractivity (Wildman–Crippen MR) is 63.5 cm³/mol. The van der Waals surface area contributed by atoms with E-state index < -0.39 is 0 Å². The van der Waals surface area contributed by atoms with Crippen LogP contribution in [0.25, 0.3) is 0 Å². The first-order valence-electron chi connectivity index (χ1n) is 4.91. The van der Waals surface area contributed by atoms with Gasteiger partial charge in [-0.1, -0.05) is 12.1 Å². The first kappa shape index (κ1) is 8.09. The second-order valence-electron chi connectivity index (χ2n) is 3.98. The summed E-state index contributed by atoms with van der Waals surface area (Å²) in [6, 6.07) is 6.77. The summed E-state index contributed by atoms with van der Waals surface area (Å²) < 4.78 is 2.38. The van der Waals surface area contributed by atoms with Gasteiger partial charge in [0, 0.05) is 18.2 Å². The number of rotatable bonds is 0. The predicted octanol–water partition coefficient (Wildman–Crippen LogP) is 3.28. The second-order valence-corrected chi connectivity index (χ2v) is 5.15. The molecular weight excluding hydrogens is 273 g/mol. The van der Waals surface area contributed by atoms with Gasteiger partial charge in [0.1, 0.15) is 0 Å². The zero-order valence-corrected chi connectivity index (χ0v) is 9.62. The number of aryl methyl sites for hydroxylation is 1. The fourth-order valence-electron chi connectivity index (χ4n) is 2.66. The van der Waals surface area contributed by atoms with Crippen molar-refractivity contribution in [1.82, 2.24) is 0 Å². The van der Waals surface area contributed by atoms with Crippen molar-refractivity contribution in [1.29, 1.82) is 0 Å². The molecule has 1 nitrogen and oxygen atoms in total. The lowest BCUT2D eigenvalue weighted by molar-refractivity contribution is 0.588. The van der Waals surface area contributed by atoms with Crippen molar-refractivity contribution in [2.75, 3.05) is 9.66 Å². The summed E-state index contributed by atoms with van der Waals surface area (Å²) in [5, 5.41) is 0. The Morgan fingerprint density at radius 3 is 3.23 bits per heavy atom. The Labute approximate surface area is 92.6 Å². The van der Waals surface area contributed by atoms with Crippen molar-refractivity contribution in [2.24, 2.45) is 0 Å². The van der Waals surface area contributed by atoms with Crippen LogP contribution in [0.2, 0.25) is 0 Å². The van der Waals surface area contributed by atoms with Crippen LogP contribution in [0.15, 0.2) is 18.2 Å². The van der Waals surface area contributed by atoms with Gasteiger partial charge in [0.2, 0.25) is 0 Å². The van der Waals surface area contributed by atoms with Gasteiger partial charge in [0.05, 0.1) is 22.9 Å². The molecule has 1 atom stereocenters. The Balaban J connectivity index is 2.22. The van der Waals surface area contributed by atoms with E-state index in [0.29, 0.717) is 0 Å². The quantitative estimate of drug-likeness (QED) is 0.522. The molecule has 2 heteroatoms. The third-order valence-electron chi connectivity index (χ3n) is 3.22. The van der Waals surface area contributed by atoms with Gasteiger partial charge >= 0.3 is 0 Å². The Kier molecular flexibility index (Phi) is 1.79. The Morgan fingerprint density at radius 2 is 2.31 bits per heavy atom. The smallest absolute Gasteiger partial charge is 0.0591 e. The van der Waals surface area contributed by atoms with Gasteiger partial charge in [-0.15, -0.1) is 0 Å². The van der Waals surface area contributed by atoms with Crippen LogP contribution >= 0.6 is 22.9 Å². The maximum Gasteiger partial charge on any atom is 0.0591 e. The van der Waals surface area contributed by atoms with E-state index >= 15 is 0 Å². The maximum atomic E-state index is 2.44. The van der Waals surface area contributed by atoms with Gasteiger partial charge in [-0.3, -0.25) is 0 Å². The van der Waals surface area contributed by atoms with Crippen LogP contribution in [-0.4, -0.2) is 6.54 Å². The van der Waals surface area contributed by atoms with Gasteiger partial charge in [0.15, 0.2) is 0 Å². The van der Waals surface area contributed by atoms with Crippen LogP contribution < -0.4 is 3.11 Å². The third kappa shape index (κ3) is 1.11. The molecule has 0 radical (unpaired) electrons. The Morgan fingerprint density at radius 1 is 1.38 bits per heavy atom. The largest absolute Gasteiger partial charge is 0.314 e. The van der Waals surface area contributed by atoms with Crippen molar-refractivity contribution < 1.29 is 0 Å². The minimum absolute atomic E-state index is 0.830. The summed E-state index contributed by atoms with van der Waals surface area (Å²) in [4.78, 5) is 0. The van der Waals surface area contributed by atoms with Crippen LogP contribution in [0.1, 0.15) is 29.9 Å². The molecular formula is C11H12IN. The van der Waals surface area contributed by atoms with Crippen molar-refractivity contribution in [3.05, 3.63) is 29.3 Å². The van der Waals surface area contributed by atoms with Gasteiger partial charge in [-0.05, 0) is 36.5 Å². The van der Waals surface area contributed by atoms with Gasteiger partial charge in [-0.2, -0.15) is 0 Å². The molecule has 3 rings (SSSR count). The zero-order valence-electron chi connectivity index (χ0n) is 7.46. The summed E-state index contributed by atoms with van der Waals surface area (Å²) in [5.41, 5.74) is 4.74. The number of benzene rings is 1. The summed E-state index contributed by atoms with van der Waals surface area (Å²) in [6.07, 6.45) is 4.07. The molecule has 1 aliphatic heterocycles. The van der Waals surface area contributed by atoms with E-state index in [1.54, 1.807) is 11.1 Å². The molecule has 0 aromatic heterocycles. The molecule has 0 bridgehead atoms. The van der Waals surface area contributed by atoms with E-state index in [0.717, 1.165) is 5.92 Å². The third-order valence-corrected chi connectivity index (χ3v) is 4.14. The first-order chi connectivity index (χ1) is 6.36. The van der Waals surface area contributed by atoms with Crippen molar-refractivity contribution in [3.63, 3.8) is 0 Å². The topological polar surface area (TPSA) is 3.24 Å². The van der Waals surface area contributed by atoms with E-state index in [-0.39, 0.29) is 0 Å². The molecule has 0 amide bonds. The molecule has 13 heavy (non-hydrogen) atoms. The first-order valence-corrected chi connectivity index (χ1v) is 5.88. The highest BCUT2D eigenvalue weighted by Gasteiger charge is 2.31. The average molecular weight is 285 g/mol. The maximum absolute atomic E-state index is 2.44. The van der Waals surface area contributed by atoms with Gasteiger partial charge < -0.3 is 3.11 Å². The normalized spacial score (nSPS) is 24.7. The van der Waals surface area contributed by atoms with Crippen LogP contribution in [0.4, 0.5) is 5.69 Å². The Hall–Kier alpha value is -0.250. The van der Waals surface area contributed by atoms with E-state index in [9.17, 15) is 0 Å². The standard InChI is InChI=1S/C11H12IN/c12-13-7-9-5-1-3-8-4-2-6-10(13)11(8)9/h2,4,6,9H,1,3,5,7H2. The minimum Gasteiger partial charge on any atom is -0.314 e. The molecule has 1 aliphatic carbocycles. The Bertz CT molecular complexity index is 348. The van der Waals surface area contributed by atoms with E-state index in [1.807, 2.05) is 0 Å². The van der Waals surface area contributed by atoms with Gasteiger partial charge in [-0.25, -0.2) is 0 Å². The molecule has 1 aromatic carbocycles. The summed E-state index contributed by atoms with van der Waals surface area (Å²) >= 11 is 2.44. The molecule has 1 aromatic rings. The lowest BCUT2D eigenvalue weighted by Gasteiger charge is -2.19. The summed E-state index contributed by atoms with van der Waals surface area (Å²) in [5.74, 6) is 0.830. The lowest BCUT2D eigenvalue weighted by Crippen LogP contribution is -2.11. The van der Waals surface area contributed by atoms with E-state index in [4.69, 9.17) is 0 Å². The lowest BCUT2D eigenvalue weighted by atomic mass is 9.84. The average Bonchev–Trinajstić information content (AvgIpc) is 2.47. The van der Waals surface area contributed by atoms with E-state index in [1.165, 1.54) is 31.5 Å². The van der Waals surface area contributed by atoms with Crippen LogP contribution in [0.5, 0.6) is 0 Å². The van der Waals surface area contributed by atoms with Crippen LogP contribution in [-0.2, 0) is 6.42 Å². The zero-order chi connectivity index (χ0) is 8.84. The summed E-state index contributed by atoms with van der Waals surface area (Å²) in [7, 11) is 0. The number of nitrogens with zero attached hydrogens (tertiary/aromatic N) is 1.